The van der Waals surface area contributed by atoms with Crippen molar-refractivity contribution >= 4 is 50.6 Å². The van der Waals surface area contributed by atoms with Crippen molar-refractivity contribution in [3.8, 4) is 0 Å². The Kier molecular flexibility index (Phi) is 6.41. The third-order valence-corrected chi connectivity index (χ3v) is 7.15. The van der Waals surface area contributed by atoms with Crippen molar-refractivity contribution in [3.05, 3.63) is 87.6 Å². The number of thiazole rings is 1. The van der Waals surface area contributed by atoms with E-state index < -0.39 is 12.0 Å². The molecular weight excluding hydrogens is 496 g/mol. The molecule has 1 aliphatic heterocycles. The van der Waals surface area contributed by atoms with Gasteiger partial charge in [-0.1, -0.05) is 59.3 Å². The molecule has 1 atom stereocenters. The summed E-state index contributed by atoms with van der Waals surface area (Å²) in [4.78, 5) is 32.6. The largest absolute Gasteiger partial charge is 0.462 e. The summed E-state index contributed by atoms with van der Waals surface area (Å²) >= 11 is 6.31. The van der Waals surface area contributed by atoms with Crippen LogP contribution < -0.4 is 14.9 Å². The number of aromatic nitrogens is 1. The number of hydrogen-bond acceptors (Lipinski definition) is 6. The summed E-state index contributed by atoms with van der Waals surface area (Å²) in [6.07, 6.45) is 1.86. The van der Waals surface area contributed by atoms with E-state index in [1.165, 1.54) is 22.7 Å². The van der Waals surface area contributed by atoms with Crippen molar-refractivity contribution in [2.75, 3.05) is 6.61 Å². The van der Waals surface area contributed by atoms with E-state index in [0.717, 1.165) is 14.9 Å². The quantitative estimate of drug-likeness (QED) is 0.476. The van der Waals surface area contributed by atoms with Gasteiger partial charge in [0.1, 0.15) is 6.04 Å². The maximum absolute atomic E-state index is 13.4. The Morgan fingerprint density at radius 1 is 1.32 bits per heavy atom. The molecule has 2 aromatic heterocycles. The lowest BCUT2D eigenvalue weighted by atomic mass is 10.0. The highest BCUT2D eigenvalue weighted by Crippen LogP contribution is 2.33. The highest BCUT2D eigenvalue weighted by Gasteiger charge is 2.34. The molecule has 1 aliphatic rings. The summed E-state index contributed by atoms with van der Waals surface area (Å²) in [6.45, 7) is 6.10. The number of halogens is 1. The number of allylic oxidation sites excluding steroid dienone is 1. The van der Waals surface area contributed by atoms with Crippen molar-refractivity contribution in [1.29, 1.82) is 0 Å². The number of esters is 1. The van der Waals surface area contributed by atoms with Crippen LogP contribution in [0.3, 0.4) is 0 Å². The van der Waals surface area contributed by atoms with Crippen LogP contribution in [0.25, 0.3) is 6.08 Å². The van der Waals surface area contributed by atoms with E-state index in [0.29, 0.717) is 27.2 Å². The second-order valence-corrected chi connectivity index (χ2v) is 10.5. The van der Waals surface area contributed by atoms with Gasteiger partial charge in [-0.2, -0.15) is 0 Å². The molecule has 160 valence electrons. The summed E-state index contributed by atoms with van der Waals surface area (Å²) in [6, 6.07) is 11.1. The minimum absolute atomic E-state index is 0.163. The second kappa shape index (κ2) is 9.06. The summed E-state index contributed by atoms with van der Waals surface area (Å²) < 4.78 is 8.67. The van der Waals surface area contributed by atoms with Gasteiger partial charge in [0.2, 0.25) is 0 Å². The molecule has 31 heavy (non-hydrogen) atoms. The van der Waals surface area contributed by atoms with Crippen LogP contribution in [0.15, 0.2) is 67.3 Å². The summed E-state index contributed by atoms with van der Waals surface area (Å²) in [5.41, 5.74) is 1.76. The number of fused-ring (bicyclic) bond motifs is 1. The molecule has 0 fully saturated rings. The Morgan fingerprint density at radius 2 is 2.13 bits per heavy atom. The molecule has 1 aromatic carbocycles. The van der Waals surface area contributed by atoms with Gasteiger partial charge in [0.15, 0.2) is 4.80 Å². The van der Waals surface area contributed by atoms with E-state index in [9.17, 15) is 9.59 Å². The number of carbonyl (C=O) groups is 1. The minimum atomic E-state index is -0.541. The first-order chi connectivity index (χ1) is 14.8. The zero-order valence-electron chi connectivity index (χ0n) is 17.3. The predicted molar refractivity (Wildman–Crippen MR) is 128 cm³/mol. The zero-order valence-corrected chi connectivity index (χ0v) is 20.5. The predicted octanol–water partition coefficient (Wildman–Crippen LogP) is 4.26. The number of benzene rings is 1. The Labute approximate surface area is 196 Å². The molecule has 0 aliphatic carbocycles. The number of hydrogen-bond donors (Lipinski definition) is 0. The third kappa shape index (κ3) is 4.51. The normalized spacial score (nSPS) is 16.4. The molecule has 0 saturated heterocycles. The molecule has 0 amide bonds. The minimum Gasteiger partial charge on any atom is -0.462 e. The smallest absolute Gasteiger partial charge is 0.338 e. The third-order valence-electron chi connectivity index (χ3n) is 4.75. The molecule has 4 rings (SSSR count). The van der Waals surface area contributed by atoms with Crippen LogP contribution in [0.5, 0.6) is 0 Å². The average Bonchev–Trinajstić information content (AvgIpc) is 3.34. The van der Waals surface area contributed by atoms with E-state index in [1.54, 1.807) is 11.5 Å². The Bertz CT molecular complexity index is 1330. The number of nitrogens with zero attached hydrogens (tertiary/aromatic N) is 2. The van der Waals surface area contributed by atoms with Crippen LogP contribution in [0.1, 0.15) is 37.3 Å². The lowest BCUT2D eigenvalue weighted by molar-refractivity contribution is -0.140. The van der Waals surface area contributed by atoms with Crippen molar-refractivity contribution in [2.24, 2.45) is 10.9 Å². The van der Waals surface area contributed by atoms with Gasteiger partial charge in [-0.15, -0.1) is 11.3 Å². The van der Waals surface area contributed by atoms with E-state index in [2.05, 4.69) is 20.9 Å². The Morgan fingerprint density at radius 3 is 2.81 bits per heavy atom. The summed E-state index contributed by atoms with van der Waals surface area (Å²) in [5, 5.41) is 1.94. The van der Waals surface area contributed by atoms with Crippen LogP contribution >= 0.6 is 38.6 Å². The van der Waals surface area contributed by atoms with Crippen molar-refractivity contribution in [2.45, 2.75) is 26.8 Å². The van der Waals surface area contributed by atoms with Crippen molar-refractivity contribution in [1.82, 2.24) is 4.57 Å². The van der Waals surface area contributed by atoms with Gasteiger partial charge in [0, 0.05) is 9.35 Å². The van der Waals surface area contributed by atoms with Gasteiger partial charge in [-0.3, -0.25) is 9.36 Å². The fraction of sp³-hybridized carbons (Fsp3) is 0.261. The summed E-state index contributed by atoms with van der Waals surface area (Å²) in [5.74, 6) is -0.203. The molecule has 3 heterocycles. The van der Waals surface area contributed by atoms with E-state index >= 15 is 0 Å². The molecule has 0 radical (unpaired) electrons. The molecule has 0 N–H and O–H groups in total. The first-order valence-corrected chi connectivity index (χ1v) is 12.3. The molecule has 0 bridgehead atoms. The van der Waals surface area contributed by atoms with Crippen molar-refractivity contribution < 1.29 is 9.53 Å². The molecule has 8 heteroatoms. The fourth-order valence-corrected chi connectivity index (χ4v) is 5.65. The second-order valence-electron chi connectivity index (χ2n) is 7.64. The monoisotopic (exact) mass is 516 g/mol. The number of thiophene rings is 1. The number of rotatable bonds is 5. The topological polar surface area (TPSA) is 60.7 Å². The summed E-state index contributed by atoms with van der Waals surface area (Å²) in [7, 11) is 0. The van der Waals surface area contributed by atoms with Gasteiger partial charge in [-0.25, -0.2) is 9.79 Å². The molecule has 0 saturated carbocycles. The molecule has 0 unspecified atom stereocenters. The van der Waals surface area contributed by atoms with Gasteiger partial charge in [0.05, 0.1) is 22.4 Å². The van der Waals surface area contributed by atoms with Crippen LogP contribution in [-0.4, -0.2) is 17.1 Å². The lowest BCUT2D eigenvalue weighted by Gasteiger charge is -2.23. The average molecular weight is 517 g/mol. The standard InChI is InChI=1S/C23H21BrN2O3S2/c1-13(2)12-29-22(28)19-14(3)25-23-26(20(19)17-8-5-9-30-17)21(27)18(31-23)11-15-6-4-7-16(24)10-15/h4-11,13,20H,12H2,1-3H3/b18-11+/t20-/m0/s1. The highest BCUT2D eigenvalue weighted by atomic mass is 79.9. The van der Waals surface area contributed by atoms with Crippen LogP contribution in [-0.2, 0) is 9.53 Å². The van der Waals surface area contributed by atoms with Gasteiger partial charge < -0.3 is 4.74 Å². The maximum Gasteiger partial charge on any atom is 0.338 e. The molecular formula is C23H21BrN2O3S2. The van der Waals surface area contributed by atoms with E-state index in [1.807, 2.05) is 61.7 Å². The van der Waals surface area contributed by atoms with E-state index in [4.69, 9.17) is 4.74 Å². The lowest BCUT2D eigenvalue weighted by Crippen LogP contribution is -2.39. The van der Waals surface area contributed by atoms with Gasteiger partial charge >= 0.3 is 5.97 Å². The first kappa shape index (κ1) is 21.9. The number of ether oxygens (including phenoxy) is 1. The fourth-order valence-electron chi connectivity index (χ4n) is 3.37. The SMILES string of the molecule is CC1=C(C(=O)OCC(C)C)[C@H](c2cccs2)n2c(s/c(=C/c3cccc(Br)c3)c2=O)=N1. The van der Waals surface area contributed by atoms with Crippen LogP contribution in [0.2, 0.25) is 0 Å². The first-order valence-electron chi connectivity index (χ1n) is 9.84. The zero-order chi connectivity index (χ0) is 22.1. The highest BCUT2D eigenvalue weighted by molar-refractivity contribution is 9.10. The van der Waals surface area contributed by atoms with Gasteiger partial charge in [-0.05, 0) is 48.1 Å². The van der Waals surface area contributed by atoms with Gasteiger partial charge in [0.25, 0.3) is 5.56 Å². The van der Waals surface area contributed by atoms with Crippen LogP contribution in [0.4, 0.5) is 0 Å². The molecule has 3 aromatic rings. The Balaban J connectivity index is 1.88. The molecule has 0 spiro atoms. The Hall–Kier alpha value is -2.29. The molecule has 5 nitrogen and oxygen atoms in total. The van der Waals surface area contributed by atoms with Crippen molar-refractivity contribution in [3.63, 3.8) is 0 Å². The van der Waals surface area contributed by atoms with E-state index in [-0.39, 0.29) is 11.5 Å². The number of carbonyl (C=O) groups excluding carboxylic acids is 1. The maximum atomic E-state index is 13.4. The van der Waals surface area contributed by atoms with Crippen LogP contribution in [0, 0.1) is 5.92 Å².